The van der Waals surface area contributed by atoms with Gasteiger partial charge in [0.1, 0.15) is 19.3 Å². The molecule has 0 rings (SSSR count). The molecule has 0 saturated heterocycles. The number of esters is 1. The van der Waals surface area contributed by atoms with E-state index in [1.165, 1.54) is 212 Å². The minimum atomic E-state index is -4.52. The van der Waals surface area contributed by atoms with Crippen LogP contribution in [0.1, 0.15) is 264 Å². The Balaban J connectivity index is 4.01. The highest BCUT2D eigenvalue weighted by molar-refractivity contribution is 7.45. The van der Waals surface area contributed by atoms with E-state index < -0.39 is 13.9 Å². The van der Waals surface area contributed by atoms with E-state index in [-0.39, 0.29) is 25.8 Å². The summed E-state index contributed by atoms with van der Waals surface area (Å²) in [7, 11) is 1.38. The zero-order valence-corrected chi connectivity index (χ0v) is 41.8. The van der Waals surface area contributed by atoms with Crippen LogP contribution in [0.3, 0.4) is 0 Å². The van der Waals surface area contributed by atoms with E-state index in [1.54, 1.807) is 0 Å². The van der Waals surface area contributed by atoms with Crippen LogP contribution in [0, 0.1) is 0 Å². The molecule has 2 atom stereocenters. The maximum absolute atomic E-state index is 12.7. The number of rotatable bonds is 50. The van der Waals surface area contributed by atoms with E-state index in [0.29, 0.717) is 24.1 Å². The van der Waals surface area contributed by atoms with Crippen LogP contribution in [0.2, 0.25) is 0 Å². The van der Waals surface area contributed by atoms with Crippen molar-refractivity contribution in [1.82, 2.24) is 0 Å². The largest absolute Gasteiger partial charge is 0.756 e. The van der Waals surface area contributed by atoms with Gasteiger partial charge in [0.15, 0.2) is 0 Å². The second-order valence-corrected chi connectivity index (χ2v) is 20.7. The highest BCUT2D eigenvalue weighted by Gasteiger charge is 2.20. The van der Waals surface area contributed by atoms with Crippen molar-refractivity contribution in [1.29, 1.82) is 0 Å². The van der Waals surface area contributed by atoms with Crippen molar-refractivity contribution < 1.29 is 37.3 Å². The van der Waals surface area contributed by atoms with E-state index >= 15 is 0 Å². The lowest BCUT2D eigenvalue weighted by atomic mass is 10.0. The molecule has 0 bridgehead atoms. The zero-order valence-electron chi connectivity index (χ0n) is 40.9. The minimum absolute atomic E-state index is 0.0317. The van der Waals surface area contributed by atoms with Crippen molar-refractivity contribution >= 4 is 13.8 Å². The Hall–Kier alpha value is -0.500. The summed E-state index contributed by atoms with van der Waals surface area (Å²) in [5.41, 5.74) is 0. The van der Waals surface area contributed by atoms with Gasteiger partial charge in [0.05, 0.1) is 34.4 Å². The van der Waals surface area contributed by atoms with Crippen LogP contribution in [-0.4, -0.2) is 70.7 Å². The van der Waals surface area contributed by atoms with Crippen molar-refractivity contribution in [3.05, 3.63) is 0 Å². The average molecular weight is 874 g/mol. The molecule has 0 fully saturated rings. The monoisotopic (exact) mass is 874 g/mol. The van der Waals surface area contributed by atoms with Crippen molar-refractivity contribution in [2.24, 2.45) is 0 Å². The van der Waals surface area contributed by atoms with Gasteiger partial charge in [0.25, 0.3) is 7.82 Å². The van der Waals surface area contributed by atoms with E-state index in [9.17, 15) is 14.3 Å². The summed E-state index contributed by atoms with van der Waals surface area (Å²) < 4.78 is 34.7. The van der Waals surface area contributed by atoms with Gasteiger partial charge in [-0.25, -0.2) is 0 Å². The molecule has 0 aromatic rings. The SMILES string of the molecule is CCCCCCCCCCCCCCCCCCCCCCCCCCOCC(COP(=O)([O-])OCC[N+](C)(C)C)OC(=O)CCCCCCCCCCCCCCCC. The summed E-state index contributed by atoms with van der Waals surface area (Å²) in [6.45, 7) is 5.49. The van der Waals surface area contributed by atoms with Crippen LogP contribution in [0.4, 0.5) is 0 Å². The van der Waals surface area contributed by atoms with Gasteiger partial charge >= 0.3 is 5.97 Å². The Kier molecular flexibility index (Phi) is 44.7. The first-order chi connectivity index (χ1) is 29.1. The third kappa shape index (κ3) is 48.5. The predicted octanol–water partition coefficient (Wildman–Crippen LogP) is 15.4. The normalized spacial score (nSPS) is 13.5. The van der Waals surface area contributed by atoms with Crippen molar-refractivity contribution in [2.45, 2.75) is 270 Å². The molecular weight excluding hydrogens is 770 g/mol. The summed E-state index contributed by atoms with van der Waals surface area (Å²) in [6.07, 6.45) is 49.9. The van der Waals surface area contributed by atoms with Gasteiger partial charge in [-0.2, -0.15) is 0 Å². The highest BCUT2D eigenvalue weighted by Crippen LogP contribution is 2.38. The van der Waals surface area contributed by atoms with Gasteiger partial charge in [-0.1, -0.05) is 245 Å². The summed E-state index contributed by atoms with van der Waals surface area (Å²) >= 11 is 0. The number of nitrogens with zero attached hydrogens (tertiary/aromatic N) is 1. The number of carbonyl (C=O) groups is 1. The Labute approximate surface area is 374 Å². The van der Waals surface area contributed by atoms with Gasteiger partial charge < -0.3 is 27.9 Å². The van der Waals surface area contributed by atoms with Crippen LogP contribution in [0.15, 0.2) is 0 Å². The fourth-order valence-electron chi connectivity index (χ4n) is 7.84. The number of ether oxygens (including phenoxy) is 2. The second kappa shape index (κ2) is 45.1. The van der Waals surface area contributed by atoms with Gasteiger partial charge in [-0.05, 0) is 12.8 Å². The van der Waals surface area contributed by atoms with Crippen molar-refractivity contribution in [2.75, 3.05) is 54.1 Å². The third-order valence-corrected chi connectivity index (χ3v) is 12.9. The van der Waals surface area contributed by atoms with Gasteiger partial charge in [0, 0.05) is 13.0 Å². The van der Waals surface area contributed by atoms with Crippen molar-refractivity contribution in [3.63, 3.8) is 0 Å². The van der Waals surface area contributed by atoms with Crippen LogP contribution >= 0.6 is 7.82 Å². The molecule has 0 heterocycles. The smallest absolute Gasteiger partial charge is 0.306 e. The second-order valence-electron chi connectivity index (χ2n) is 19.3. The Morgan fingerprint density at radius 3 is 1.10 bits per heavy atom. The number of phosphoric ester groups is 1. The van der Waals surface area contributed by atoms with Crippen LogP contribution in [0.25, 0.3) is 0 Å². The molecule has 0 radical (unpaired) electrons. The van der Waals surface area contributed by atoms with Crippen LogP contribution in [0.5, 0.6) is 0 Å². The predicted molar refractivity (Wildman–Crippen MR) is 255 cm³/mol. The molecule has 2 unspecified atom stereocenters. The Morgan fingerprint density at radius 2 is 0.767 bits per heavy atom. The number of phosphoric acid groups is 1. The molecule has 0 aliphatic carbocycles. The van der Waals surface area contributed by atoms with Crippen LogP contribution in [-0.2, 0) is 27.9 Å². The summed E-state index contributed by atoms with van der Waals surface area (Å²) in [4.78, 5) is 25.1. The fourth-order valence-corrected chi connectivity index (χ4v) is 8.57. The van der Waals surface area contributed by atoms with Gasteiger partial charge in [0.2, 0.25) is 0 Å². The molecule has 0 aromatic heterocycles. The maximum Gasteiger partial charge on any atom is 0.306 e. The van der Waals surface area contributed by atoms with E-state index in [1.807, 2.05) is 21.1 Å². The van der Waals surface area contributed by atoms with E-state index in [0.717, 1.165) is 32.1 Å². The lowest BCUT2D eigenvalue weighted by molar-refractivity contribution is -0.870. The maximum atomic E-state index is 12.7. The number of unbranched alkanes of at least 4 members (excludes halogenated alkanes) is 36. The third-order valence-electron chi connectivity index (χ3n) is 11.9. The van der Waals surface area contributed by atoms with Gasteiger partial charge in [-0.3, -0.25) is 9.36 Å². The molecule has 0 aliphatic rings. The first-order valence-corrected chi connectivity index (χ1v) is 27.7. The molecule has 0 saturated carbocycles. The van der Waals surface area contributed by atoms with Crippen LogP contribution < -0.4 is 4.89 Å². The molecule has 0 aliphatic heterocycles. The Morgan fingerprint density at radius 1 is 0.450 bits per heavy atom. The molecule has 60 heavy (non-hydrogen) atoms. The first-order valence-electron chi connectivity index (χ1n) is 26.3. The lowest BCUT2D eigenvalue weighted by Crippen LogP contribution is -2.37. The molecule has 0 N–H and O–H groups in total. The Bertz CT molecular complexity index is 930. The minimum Gasteiger partial charge on any atom is -0.756 e. The summed E-state index contributed by atoms with van der Waals surface area (Å²) in [5.74, 6) is -0.326. The number of likely N-dealkylation sites (N-methyl/N-ethyl adjacent to an activating group) is 1. The number of hydrogen-bond acceptors (Lipinski definition) is 7. The average Bonchev–Trinajstić information content (AvgIpc) is 3.20. The molecule has 0 amide bonds. The first kappa shape index (κ1) is 59.5. The highest BCUT2D eigenvalue weighted by atomic mass is 31.2. The molecule has 0 spiro atoms. The zero-order chi connectivity index (χ0) is 44.1. The fraction of sp³-hybridized carbons (Fsp3) is 0.980. The topological polar surface area (TPSA) is 94.1 Å². The number of carbonyl (C=O) groups excluding carboxylic acids is 1. The number of hydrogen-bond donors (Lipinski definition) is 0. The number of quaternary nitrogens is 1. The van der Waals surface area contributed by atoms with E-state index in [2.05, 4.69) is 13.8 Å². The quantitative estimate of drug-likeness (QED) is 0.0260. The molecule has 8 nitrogen and oxygen atoms in total. The molecular formula is C51H104NO7P. The summed E-state index contributed by atoms with van der Waals surface area (Å²) in [6, 6.07) is 0. The van der Waals surface area contributed by atoms with Gasteiger partial charge in [-0.15, -0.1) is 0 Å². The standard InChI is InChI=1S/C51H104NO7P/c1-6-8-10-12-14-16-18-20-22-23-24-25-26-27-28-29-30-31-33-35-37-39-41-43-46-56-48-50(49-58-60(54,55)57-47-45-52(3,4)5)59-51(53)44-42-40-38-36-34-32-21-19-17-15-13-11-9-7-2/h50H,6-49H2,1-5H3. The lowest BCUT2D eigenvalue weighted by Gasteiger charge is -2.28. The molecule has 360 valence electrons. The van der Waals surface area contributed by atoms with Crippen molar-refractivity contribution in [3.8, 4) is 0 Å². The summed E-state index contributed by atoms with van der Waals surface area (Å²) in [5, 5.41) is 0. The van der Waals surface area contributed by atoms with E-state index in [4.69, 9.17) is 18.5 Å². The molecule has 9 heteroatoms. The molecule has 0 aromatic carbocycles.